The molecule has 0 saturated carbocycles. The highest BCUT2D eigenvalue weighted by Crippen LogP contribution is 2.39. The number of phenols is 1. The first-order valence-corrected chi connectivity index (χ1v) is 31.6. The molecule has 3 aliphatic heterocycles. The quantitative estimate of drug-likeness (QED) is 0.0427. The molecule has 20 heteroatoms. The molecular formula is C68H87F2N11O7. The van der Waals surface area contributed by atoms with Crippen molar-refractivity contribution >= 4 is 62.3 Å². The minimum atomic E-state index is -0.732. The van der Waals surface area contributed by atoms with Gasteiger partial charge in [0, 0.05) is 83.0 Å². The number of imidazole rings is 2. The molecule has 11 rings (SSSR count). The van der Waals surface area contributed by atoms with Gasteiger partial charge in [-0.25, -0.2) is 18.6 Å². The number of aldehydes is 1. The largest absolute Gasteiger partial charge is 0.508 e. The lowest BCUT2D eigenvalue weighted by Crippen LogP contribution is -2.36. The van der Waals surface area contributed by atoms with Crippen molar-refractivity contribution in [1.29, 1.82) is 0 Å². The van der Waals surface area contributed by atoms with Crippen LogP contribution in [0.25, 0.3) is 49.6 Å². The van der Waals surface area contributed by atoms with Gasteiger partial charge in [0.1, 0.15) is 53.2 Å². The first kappa shape index (κ1) is 64.6. The Kier molecular flexibility index (Phi) is 22.0. The predicted octanol–water partition coefficient (Wildman–Crippen LogP) is 11.9. The number of carbonyl (C=O) groups is 3. The molecule has 1 amide bonds. The lowest BCUT2D eigenvalue weighted by atomic mass is 9.87. The molecule has 3 saturated heterocycles. The molecule has 0 bridgehead atoms. The summed E-state index contributed by atoms with van der Waals surface area (Å²) >= 11 is 0. The maximum atomic E-state index is 16.1. The smallest absolute Gasteiger partial charge is 0.329 e. The molecule has 8 aromatic rings. The number of amides is 1. The lowest BCUT2D eigenvalue weighted by molar-refractivity contribution is -0.142. The number of likely N-dealkylation sites (N-methyl/N-ethyl adjacent to an activating group) is 1. The standard InChI is InChI=1S/C30H48N4O3.C28H22F2N6O2.C10H17NO2/c1-6-9-23(12-11-22(3)7-2)21-33-17-15-24(16-18-33)25-13-14-26-28(20-25)32(5)30(37)34(26)27(10-8-19-35)29(36)31-4;1-3-18-21(29)6-5-16-10-17(37)11-19(23(16)18)25-24(30)26-20(13-32-25)27(35-28(34-26)38-2)33-12-15-4-7-22-31-8-9-36(22)14-15;1-8(12)13-7-10-5-4-9-3-2-6-11(9)10/h13-14,19-20,22-24,27H,6-12,15-18,21H2,1-5H3,(H,31,36);4-11,13-14,37H,3,12H2,1-2H3,(H,33,34,35);9-10H,2-7H2,1H3. The Hall–Kier alpha value is -7.84. The van der Waals surface area contributed by atoms with Crippen molar-refractivity contribution in [2.75, 3.05) is 52.3 Å². The fourth-order valence-electron chi connectivity index (χ4n) is 13.3. The van der Waals surface area contributed by atoms with Crippen LogP contribution in [-0.4, -0.2) is 126 Å². The third-order valence-corrected chi connectivity index (χ3v) is 18.3. The number of halogens is 2. The number of pyridine rings is 2. The van der Waals surface area contributed by atoms with Crippen molar-refractivity contribution in [3.8, 4) is 23.0 Å². The third kappa shape index (κ3) is 14.8. The SMILES string of the molecule is CC(=O)OCC1CCC2CCCN21.CCCC(CCC(C)CC)CN1CCC(c2ccc3c(c2)n(C)c(=O)n3C(CCC=O)C(=O)NC)CC1.CCc1c(F)ccc2cc(O)cc(-c3ncc4c(NCc5ccc6nccn6c5)nc(OC)nc4c3F)c12. The molecule has 3 N–H and O–H groups in total. The number of methoxy groups -OCH3 is 1. The average molecular weight is 1210 g/mol. The first-order valence-electron chi connectivity index (χ1n) is 31.6. The lowest BCUT2D eigenvalue weighted by Gasteiger charge is -2.35. The van der Waals surface area contributed by atoms with E-state index in [4.69, 9.17) is 9.47 Å². The fourth-order valence-corrected chi connectivity index (χ4v) is 13.3. The molecule has 18 nitrogen and oxygen atoms in total. The van der Waals surface area contributed by atoms with Crippen molar-refractivity contribution in [3.63, 3.8) is 0 Å². The molecule has 5 aromatic heterocycles. The summed E-state index contributed by atoms with van der Waals surface area (Å²) in [5.74, 6) is 0.823. The monoisotopic (exact) mass is 1210 g/mol. The van der Waals surface area contributed by atoms with Crippen LogP contribution < -0.4 is 21.1 Å². The number of aromatic nitrogens is 7. The van der Waals surface area contributed by atoms with Crippen molar-refractivity contribution in [2.24, 2.45) is 18.9 Å². The van der Waals surface area contributed by atoms with Crippen molar-refractivity contribution in [3.05, 3.63) is 118 Å². The Morgan fingerprint density at radius 1 is 0.920 bits per heavy atom. The number of nitrogens with zero attached hydrogens (tertiary/aromatic N) is 9. The minimum Gasteiger partial charge on any atom is -0.508 e. The zero-order chi connectivity index (χ0) is 62.6. The van der Waals surface area contributed by atoms with Crippen LogP contribution in [0.1, 0.15) is 147 Å². The van der Waals surface area contributed by atoms with Gasteiger partial charge < -0.3 is 39.3 Å². The van der Waals surface area contributed by atoms with E-state index in [0.29, 0.717) is 65.5 Å². The number of aromatic hydroxyl groups is 1. The number of esters is 1. The zero-order valence-corrected chi connectivity index (χ0v) is 52.4. The predicted molar refractivity (Wildman–Crippen MR) is 341 cm³/mol. The first-order chi connectivity index (χ1) is 42.6. The molecule has 470 valence electrons. The summed E-state index contributed by atoms with van der Waals surface area (Å²) in [5, 5.41) is 17.7. The number of carbonyl (C=O) groups excluding carboxylic acids is 3. The summed E-state index contributed by atoms with van der Waals surface area (Å²) in [4.78, 5) is 69.8. The molecule has 3 aromatic carbocycles. The van der Waals surface area contributed by atoms with E-state index in [1.165, 1.54) is 115 Å². The van der Waals surface area contributed by atoms with Crippen molar-refractivity contribution in [2.45, 2.75) is 155 Å². The average Bonchev–Trinajstić information content (AvgIpc) is 1.48. The summed E-state index contributed by atoms with van der Waals surface area (Å²) in [5.41, 5.74) is 5.03. The number of anilines is 1. The number of ether oxygens (including phenoxy) is 2. The molecular weight excluding hydrogens is 1120 g/mol. The summed E-state index contributed by atoms with van der Waals surface area (Å²) in [6, 6.07) is 16.5. The van der Waals surface area contributed by atoms with Crippen LogP contribution in [0.15, 0.2) is 84.2 Å². The van der Waals surface area contributed by atoms with E-state index >= 15 is 4.39 Å². The summed E-state index contributed by atoms with van der Waals surface area (Å²) in [6.07, 6.45) is 22.6. The third-order valence-electron chi connectivity index (χ3n) is 18.3. The number of likely N-dealkylation sites (tertiary alicyclic amines) is 1. The van der Waals surface area contributed by atoms with Crippen LogP contribution in [0.5, 0.6) is 11.8 Å². The molecule has 8 heterocycles. The molecule has 0 spiro atoms. The van der Waals surface area contributed by atoms with Gasteiger partial charge in [-0.05, 0) is 165 Å². The molecule has 5 atom stereocenters. The van der Waals surface area contributed by atoms with Gasteiger partial charge in [-0.15, -0.1) is 0 Å². The van der Waals surface area contributed by atoms with Gasteiger partial charge in [0.05, 0.1) is 23.5 Å². The second-order valence-electron chi connectivity index (χ2n) is 24.0. The van der Waals surface area contributed by atoms with Gasteiger partial charge in [-0.3, -0.25) is 28.6 Å². The van der Waals surface area contributed by atoms with E-state index in [9.17, 15) is 28.7 Å². The van der Waals surface area contributed by atoms with Gasteiger partial charge in [0.2, 0.25) is 5.91 Å². The number of hydrogen-bond donors (Lipinski definition) is 3. The Bertz CT molecular complexity index is 3780. The Morgan fingerprint density at radius 3 is 2.45 bits per heavy atom. The van der Waals surface area contributed by atoms with E-state index in [-0.39, 0.29) is 52.5 Å². The number of hydrogen-bond acceptors (Lipinski definition) is 14. The molecule has 5 unspecified atom stereocenters. The summed E-state index contributed by atoms with van der Waals surface area (Å²) in [7, 11) is 4.73. The van der Waals surface area contributed by atoms with E-state index < -0.39 is 17.7 Å². The van der Waals surface area contributed by atoms with Crippen LogP contribution in [0, 0.1) is 23.5 Å². The topological polar surface area (TPSA) is 203 Å². The van der Waals surface area contributed by atoms with Crippen LogP contribution >= 0.6 is 0 Å². The van der Waals surface area contributed by atoms with Crippen LogP contribution in [0.2, 0.25) is 0 Å². The Balaban J connectivity index is 0.000000174. The number of fused-ring (bicyclic) bond motifs is 5. The number of piperidine rings is 1. The van der Waals surface area contributed by atoms with Crippen molar-refractivity contribution in [1.82, 2.24) is 48.6 Å². The molecule has 3 aliphatic rings. The van der Waals surface area contributed by atoms with E-state index in [1.807, 2.05) is 41.9 Å². The minimum absolute atomic E-state index is 0.0136. The van der Waals surface area contributed by atoms with Crippen LogP contribution in [-0.2, 0) is 39.1 Å². The maximum Gasteiger partial charge on any atom is 0.329 e. The summed E-state index contributed by atoms with van der Waals surface area (Å²) < 4.78 is 46.2. The summed E-state index contributed by atoms with van der Waals surface area (Å²) in [6.45, 7) is 15.9. The number of aryl methyl sites for hydroxylation is 2. The zero-order valence-electron chi connectivity index (χ0n) is 52.4. The molecule has 0 radical (unpaired) electrons. The van der Waals surface area contributed by atoms with Gasteiger partial charge >= 0.3 is 17.7 Å². The Labute approximate surface area is 514 Å². The van der Waals surface area contributed by atoms with Crippen LogP contribution in [0.3, 0.4) is 0 Å². The number of rotatable bonds is 22. The highest BCUT2D eigenvalue weighted by Gasteiger charge is 2.37. The molecule has 0 aliphatic carbocycles. The van der Waals surface area contributed by atoms with E-state index in [0.717, 1.165) is 72.3 Å². The van der Waals surface area contributed by atoms with Crippen LogP contribution in [0.4, 0.5) is 14.6 Å². The van der Waals surface area contributed by atoms with Gasteiger partial charge in [-0.1, -0.05) is 65.2 Å². The molecule has 3 fully saturated rings. The van der Waals surface area contributed by atoms with E-state index in [2.05, 4.69) is 73.3 Å². The highest BCUT2D eigenvalue weighted by atomic mass is 19.1. The number of nitrogens with one attached hydrogen (secondary N) is 2. The Morgan fingerprint density at radius 2 is 1.73 bits per heavy atom. The highest BCUT2D eigenvalue weighted by molar-refractivity contribution is 6.01. The van der Waals surface area contributed by atoms with E-state index in [1.54, 1.807) is 35.5 Å². The second kappa shape index (κ2) is 29.9. The molecule has 88 heavy (non-hydrogen) atoms. The van der Waals surface area contributed by atoms with Gasteiger partial charge in [-0.2, -0.15) is 9.97 Å². The number of benzene rings is 3. The van der Waals surface area contributed by atoms with Crippen molar-refractivity contribution < 1.29 is 37.7 Å². The fraction of sp³-hybridized carbons (Fsp3) is 0.500. The maximum absolute atomic E-state index is 16.1. The second-order valence-corrected chi connectivity index (χ2v) is 24.0. The normalized spacial score (nSPS) is 17.2. The van der Waals surface area contributed by atoms with Gasteiger partial charge in [0.15, 0.2) is 5.82 Å². The number of phenolic OH excluding ortho intramolecular Hbond substituents is 1. The van der Waals surface area contributed by atoms with Gasteiger partial charge in [0.25, 0.3) is 0 Å².